The Labute approximate surface area is 99.3 Å². The number of aliphatic carboxylic acids is 1. The highest BCUT2D eigenvalue weighted by Gasteiger charge is 1.98. The van der Waals surface area contributed by atoms with Crippen LogP contribution in [0.3, 0.4) is 0 Å². The van der Waals surface area contributed by atoms with Crippen LogP contribution in [-0.4, -0.2) is 29.7 Å². The SMILES string of the molecule is C=C(C)C(=O)OCC.CC(=CN=C=O)C(=O)O. The molecule has 0 rings (SSSR count). The molecule has 0 aliphatic rings. The lowest BCUT2D eigenvalue weighted by Gasteiger charge is -1.96. The Morgan fingerprint density at radius 2 is 2.00 bits per heavy atom. The van der Waals surface area contributed by atoms with Crippen molar-refractivity contribution in [2.24, 2.45) is 4.99 Å². The van der Waals surface area contributed by atoms with Crippen molar-refractivity contribution < 1.29 is 24.2 Å². The highest BCUT2D eigenvalue weighted by Crippen LogP contribution is 1.90. The fraction of sp³-hybridized carbons (Fsp3) is 0.364. The average molecular weight is 241 g/mol. The fourth-order valence-electron chi connectivity index (χ4n) is 0.433. The molecule has 0 fully saturated rings. The molecule has 0 radical (unpaired) electrons. The van der Waals surface area contributed by atoms with Gasteiger partial charge in [-0.2, -0.15) is 4.99 Å². The van der Waals surface area contributed by atoms with Crippen molar-refractivity contribution in [3.8, 4) is 0 Å². The average Bonchev–Trinajstić information content (AvgIpc) is 2.26. The summed E-state index contributed by atoms with van der Waals surface area (Å²) >= 11 is 0. The van der Waals surface area contributed by atoms with E-state index in [1.165, 1.54) is 13.0 Å². The van der Waals surface area contributed by atoms with E-state index in [1.54, 1.807) is 13.8 Å². The van der Waals surface area contributed by atoms with Gasteiger partial charge in [-0.15, -0.1) is 0 Å². The molecule has 0 aliphatic carbocycles. The molecule has 94 valence electrons. The smallest absolute Gasteiger partial charge is 0.333 e. The van der Waals surface area contributed by atoms with E-state index in [0.717, 1.165) is 6.20 Å². The van der Waals surface area contributed by atoms with Crippen LogP contribution >= 0.6 is 0 Å². The van der Waals surface area contributed by atoms with E-state index in [0.29, 0.717) is 12.2 Å². The second kappa shape index (κ2) is 10.3. The molecule has 1 N–H and O–H groups in total. The van der Waals surface area contributed by atoms with Crippen molar-refractivity contribution in [1.82, 2.24) is 0 Å². The topological polar surface area (TPSA) is 93.0 Å². The number of esters is 1. The minimum Gasteiger partial charge on any atom is -0.478 e. The molecule has 0 atom stereocenters. The molecule has 17 heavy (non-hydrogen) atoms. The van der Waals surface area contributed by atoms with Gasteiger partial charge in [-0.1, -0.05) is 6.58 Å². The standard InChI is InChI=1S/C6H10O2.C5H5NO3/c1-4-8-6(7)5(2)3;1-4(5(8)9)2-6-3-7/h2,4H2,1,3H3;2H,1H3,(H,8,9). The van der Waals surface area contributed by atoms with Crippen LogP contribution in [0.5, 0.6) is 0 Å². The van der Waals surface area contributed by atoms with Crippen molar-refractivity contribution in [1.29, 1.82) is 0 Å². The summed E-state index contributed by atoms with van der Waals surface area (Å²) in [6.45, 7) is 8.55. The first-order valence-corrected chi connectivity index (χ1v) is 4.66. The molecule has 0 amide bonds. The highest BCUT2D eigenvalue weighted by atomic mass is 16.5. The lowest BCUT2D eigenvalue weighted by molar-refractivity contribution is -0.138. The summed E-state index contributed by atoms with van der Waals surface area (Å²) in [5.41, 5.74) is 0.463. The molecule has 0 bridgehead atoms. The van der Waals surface area contributed by atoms with Gasteiger partial charge in [0, 0.05) is 5.57 Å². The monoisotopic (exact) mass is 241 g/mol. The number of rotatable bonds is 4. The molecule has 0 saturated heterocycles. The second-order valence-corrected chi connectivity index (χ2v) is 2.84. The molecule has 0 aromatic heterocycles. The van der Waals surface area contributed by atoms with Gasteiger partial charge >= 0.3 is 11.9 Å². The number of ether oxygens (including phenoxy) is 1. The van der Waals surface area contributed by atoms with Crippen LogP contribution < -0.4 is 0 Å². The highest BCUT2D eigenvalue weighted by molar-refractivity contribution is 5.86. The largest absolute Gasteiger partial charge is 0.478 e. The van der Waals surface area contributed by atoms with Gasteiger partial charge in [0.05, 0.1) is 18.4 Å². The predicted octanol–water partition coefficient (Wildman–Crippen LogP) is 1.44. The summed E-state index contributed by atoms with van der Waals surface area (Å²) in [6.07, 6.45) is 2.13. The Kier molecular flexibility index (Phi) is 10.4. The van der Waals surface area contributed by atoms with E-state index in [4.69, 9.17) is 5.11 Å². The zero-order valence-corrected chi connectivity index (χ0v) is 10.0. The molecule has 0 heterocycles. The molecule has 6 heteroatoms. The summed E-state index contributed by atoms with van der Waals surface area (Å²) in [5.74, 6) is -1.40. The first-order chi connectivity index (χ1) is 7.86. The third-order valence-electron chi connectivity index (χ3n) is 1.27. The number of nitrogens with zero attached hydrogens (tertiary/aromatic N) is 1. The maximum absolute atomic E-state index is 10.4. The van der Waals surface area contributed by atoms with Gasteiger partial charge in [-0.05, 0) is 20.8 Å². The van der Waals surface area contributed by atoms with Crippen LogP contribution in [0.4, 0.5) is 0 Å². The number of hydrogen-bond donors (Lipinski definition) is 1. The summed E-state index contributed by atoms with van der Waals surface area (Å²) in [4.78, 5) is 32.7. The molecule has 0 aliphatic heterocycles. The quantitative estimate of drug-likeness (QED) is 0.348. The lowest BCUT2D eigenvalue weighted by atomic mass is 10.3. The molecular weight excluding hydrogens is 226 g/mol. The number of hydrogen-bond acceptors (Lipinski definition) is 5. The van der Waals surface area contributed by atoms with Crippen LogP contribution in [0, 0.1) is 0 Å². The van der Waals surface area contributed by atoms with Crippen LogP contribution in [-0.2, 0) is 19.1 Å². The van der Waals surface area contributed by atoms with Crippen LogP contribution in [0.25, 0.3) is 0 Å². The van der Waals surface area contributed by atoms with E-state index < -0.39 is 5.97 Å². The number of carbonyl (C=O) groups is 2. The van der Waals surface area contributed by atoms with Gasteiger partial charge in [0.1, 0.15) is 0 Å². The Morgan fingerprint density at radius 1 is 1.47 bits per heavy atom. The Morgan fingerprint density at radius 3 is 2.24 bits per heavy atom. The molecule has 0 aromatic rings. The minimum atomic E-state index is -1.09. The number of aliphatic imine (C=N–C) groups is 1. The fourth-order valence-corrected chi connectivity index (χ4v) is 0.433. The van der Waals surface area contributed by atoms with E-state index in [-0.39, 0.29) is 11.5 Å². The summed E-state index contributed by atoms with van der Waals surface area (Å²) in [7, 11) is 0. The van der Waals surface area contributed by atoms with E-state index >= 15 is 0 Å². The number of carboxylic acids is 1. The maximum atomic E-state index is 10.4. The zero-order valence-electron chi connectivity index (χ0n) is 10.0. The zero-order chi connectivity index (χ0) is 13.8. The summed E-state index contributed by atoms with van der Waals surface area (Å²) in [5, 5.41) is 8.15. The van der Waals surface area contributed by atoms with E-state index in [1.807, 2.05) is 0 Å². The van der Waals surface area contributed by atoms with Gasteiger partial charge in [0.2, 0.25) is 6.08 Å². The van der Waals surface area contributed by atoms with Gasteiger partial charge in [0.25, 0.3) is 0 Å². The van der Waals surface area contributed by atoms with Crippen molar-refractivity contribution in [3.05, 3.63) is 23.9 Å². The van der Waals surface area contributed by atoms with Crippen molar-refractivity contribution in [2.75, 3.05) is 6.61 Å². The van der Waals surface area contributed by atoms with E-state index in [2.05, 4.69) is 16.3 Å². The van der Waals surface area contributed by atoms with Crippen LogP contribution in [0.1, 0.15) is 20.8 Å². The van der Waals surface area contributed by atoms with Gasteiger partial charge in [0.15, 0.2) is 0 Å². The summed E-state index contributed by atoms with van der Waals surface area (Å²) < 4.78 is 4.56. The first-order valence-electron chi connectivity index (χ1n) is 4.66. The Bertz CT molecular complexity index is 364. The Balaban J connectivity index is 0. The molecular formula is C11H15NO5. The normalized spacial score (nSPS) is 9.24. The molecule has 0 spiro atoms. The molecule has 0 aromatic carbocycles. The van der Waals surface area contributed by atoms with Crippen LogP contribution in [0.2, 0.25) is 0 Å². The second-order valence-electron chi connectivity index (χ2n) is 2.84. The van der Waals surface area contributed by atoms with Crippen molar-refractivity contribution in [3.63, 3.8) is 0 Å². The molecule has 0 saturated carbocycles. The Hall–Kier alpha value is -2.20. The third-order valence-corrected chi connectivity index (χ3v) is 1.27. The van der Waals surface area contributed by atoms with Gasteiger partial charge < -0.3 is 9.84 Å². The van der Waals surface area contributed by atoms with Gasteiger partial charge in [-0.25, -0.2) is 14.4 Å². The third kappa shape index (κ3) is 11.7. The van der Waals surface area contributed by atoms with Crippen LogP contribution in [0.15, 0.2) is 28.9 Å². The molecule has 6 nitrogen and oxygen atoms in total. The maximum Gasteiger partial charge on any atom is 0.333 e. The first kappa shape index (κ1) is 17.2. The number of carbonyl (C=O) groups excluding carboxylic acids is 2. The van der Waals surface area contributed by atoms with Gasteiger partial charge in [-0.3, -0.25) is 0 Å². The lowest BCUT2D eigenvalue weighted by Crippen LogP contribution is -2.03. The van der Waals surface area contributed by atoms with Crippen molar-refractivity contribution in [2.45, 2.75) is 20.8 Å². The minimum absolute atomic E-state index is 0.0124. The van der Waals surface area contributed by atoms with E-state index in [9.17, 15) is 14.4 Å². The number of isocyanates is 1. The summed E-state index contributed by atoms with van der Waals surface area (Å²) in [6, 6.07) is 0. The molecule has 0 unspecified atom stereocenters. The number of carboxylic acid groups (broad SMARTS) is 1. The van der Waals surface area contributed by atoms with Crippen molar-refractivity contribution >= 4 is 18.0 Å². The predicted molar refractivity (Wildman–Crippen MR) is 61.0 cm³/mol.